The van der Waals surface area contributed by atoms with Crippen LogP contribution in [-0.4, -0.2) is 23.1 Å². The summed E-state index contributed by atoms with van der Waals surface area (Å²) in [5, 5.41) is 4.07. The quantitative estimate of drug-likeness (QED) is 0.818. The summed E-state index contributed by atoms with van der Waals surface area (Å²) in [6.07, 6.45) is 3.78. The Kier molecular flexibility index (Phi) is 2.73. The summed E-state index contributed by atoms with van der Waals surface area (Å²) in [6, 6.07) is 4.97. The molecule has 0 aliphatic carbocycles. The maximum atomic E-state index is 13.6. The molecule has 0 amide bonds. The molecule has 1 saturated heterocycles. The number of nitrogens with zero attached hydrogens (tertiary/aromatic N) is 2. The Hall–Kier alpha value is -1.55. The van der Waals surface area contributed by atoms with E-state index < -0.39 is 0 Å². The molecule has 1 aromatic carbocycles. The lowest BCUT2D eigenvalue weighted by molar-refractivity contribution is 0.445. The van der Waals surface area contributed by atoms with Gasteiger partial charge in [-0.2, -0.15) is 0 Å². The minimum absolute atomic E-state index is 0.264. The first kappa shape index (κ1) is 10.6. The van der Waals surface area contributed by atoms with Gasteiger partial charge in [0.25, 0.3) is 0 Å². The molecular formula is C13H14FN3. The molecule has 88 valence electrons. The zero-order valence-corrected chi connectivity index (χ0v) is 9.49. The molecule has 1 aliphatic heterocycles. The van der Waals surface area contributed by atoms with Gasteiger partial charge in [-0.25, -0.2) is 14.4 Å². The third kappa shape index (κ3) is 2.00. The summed E-state index contributed by atoms with van der Waals surface area (Å²) in [5.41, 5.74) is 0.441. The Balaban J connectivity index is 2.03. The van der Waals surface area contributed by atoms with E-state index in [-0.39, 0.29) is 5.82 Å². The van der Waals surface area contributed by atoms with Crippen molar-refractivity contribution in [1.29, 1.82) is 0 Å². The predicted molar refractivity (Wildman–Crippen MR) is 64.3 cm³/mol. The second kappa shape index (κ2) is 4.37. The number of benzene rings is 1. The predicted octanol–water partition coefficient (Wildman–Crippen LogP) is 2.24. The first-order valence-electron chi connectivity index (χ1n) is 5.96. The normalized spacial score (nSPS) is 17.5. The number of hydrogen-bond donors (Lipinski definition) is 1. The smallest absolute Gasteiger partial charge is 0.149 e. The van der Waals surface area contributed by atoms with Crippen LogP contribution in [0.1, 0.15) is 24.6 Å². The third-order valence-electron chi connectivity index (χ3n) is 3.28. The fourth-order valence-corrected chi connectivity index (χ4v) is 2.31. The van der Waals surface area contributed by atoms with Gasteiger partial charge < -0.3 is 5.32 Å². The van der Waals surface area contributed by atoms with E-state index >= 15 is 0 Å². The SMILES string of the molecule is Fc1cccc2cnc(C3CCNCC3)nc12. The highest BCUT2D eigenvalue weighted by Gasteiger charge is 2.18. The van der Waals surface area contributed by atoms with Crippen LogP contribution >= 0.6 is 0 Å². The van der Waals surface area contributed by atoms with E-state index in [4.69, 9.17) is 0 Å². The van der Waals surface area contributed by atoms with Crippen molar-refractivity contribution in [2.24, 2.45) is 0 Å². The van der Waals surface area contributed by atoms with E-state index in [1.165, 1.54) is 6.07 Å². The van der Waals surface area contributed by atoms with E-state index in [1.807, 2.05) is 6.07 Å². The average Bonchev–Trinajstić information content (AvgIpc) is 2.40. The number of hydrogen-bond acceptors (Lipinski definition) is 3. The summed E-state index contributed by atoms with van der Waals surface area (Å²) in [6.45, 7) is 1.98. The standard InChI is InChI=1S/C13H14FN3/c14-11-3-1-2-10-8-16-13(17-12(10)11)9-4-6-15-7-5-9/h1-3,8-9,15H,4-7H2. The molecule has 1 aliphatic rings. The van der Waals surface area contributed by atoms with Gasteiger partial charge in [0.2, 0.25) is 0 Å². The van der Waals surface area contributed by atoms with Crippen LogP contribution in [0, 0.1) is 5.82 Å². The van der Waals surface area contributed by atoms with Gasteiger partial charge in [0, 0.05) is 17.5 Å². The first-order valence-corrected chi connectivity index (χ1v) is 5.96. The lowest BCUT2D eigenvalue weighted by Gasteiger charge is -2.21. The van der Waals surface area contributed by atoms with Gasteiger partial charge in [-0.15, -0.1) is 0 Å². The van der Waals surface area contributed by atoms with E-state index in [0.717, 1.165) is 37.1 Å². The monoisotopic (exact) mass is 231 g/mol. The highest BCUT2D eigenvalue weighted by atomic mass is 19.1. The van der Waals surface area contributed by atoms with Crippen LogP contribution in [0.15, 0.2) is 24.4 Å². The molecule has 0 spiro atoms. The van der Waals surface area contributed by atoms with E-state index in [9.17, 15) is 4.39 Å². The average molecular weight is 231 g/mol. The zero-order valence-electron chi connectivity index (χ0n) is 9.49. The van der Waals surface area contributed by atoms with Crippen molar-refractivity contribution in [1.82, 2.24) is 15.3 Å². The molecule has 0 saturated carbocycles. The maximum absolute atomic E-state index is 13.6. The van der Waals surface area contributed by atoms with Crippen molar-refractivity contribution in [2.45, 2.75) is 18.8 Å². The molecule has 17 heavy (non-hydrogen) atoms. The molecular weight excluding hydrogens is 217 g/mol. The number of aromatic nitrogens is 2. The van der Waals surface area contributed by atoms with Crippen LogP contribution in [0.2, 0.25) is 0 Å². The summed E-state index contributed by atoms with van der Waals surface area (Å²) < 4.78 is 13.6. The fourth-order valence-electron chi connectivity index (χ4n) is 2.31. The van der Waals surface area contributed by atoms with Crippen molar-refractivity contribution in [3.05, 3.63) is 36.0 Å². The maximum Gasteiger partial charge on any atom is 0.149 e. The number of piperidine rings is 1. The Morgan fingerprint density at radius 1 is 1.24 bits per heavy atom. The van der Waals surface area contributed by atoms with Crippen molar-refractivity contribution in [3.8, 4) is 0 Å². The van der Waals surface area contributed by atoms with Crippen molar-refractivity contribution >= 4 is 10.9 Å². The molecule has 0 atom stereocenters. The highest BCUT2D eigenvalue weighted by molar-refractivity contribution is 5.78. The molecule has 3 rings (SSSR count). The van der Waals surface area contributed by atoms with E-state index in [1.54, 1.807) is 12.3 Å². The Bertz CT molecular complexity index is 535. The van der Waals surface area contributed by atoms with Crippen LogP contribution in [0.5, 0.6) is 0 Å². The van der Waals surface area contributed by atoms with Gasteiger partial charge in [0.1, 0.15) is 17.2 Å². The highest BCUT2D eigenvalue weighted by Crippen LogP contribution is 2.24. The molecule has 3 nitrogen and oxygen atoms in total. The summed E-state index contributed by atoms with van der Waals surface area (Å²) in [7, 11) is 0. The van der Waals surface area contributed by atoms with Gasteiger partial charge in [-0.1, -0.05) is 12.1 Å². The third-order valence-corrected chi connectivity index (χ3v) is 3.28. The van der Waals surface area contributed by atoms with Gasteiger partial charge >= 0.3 is 0 Å². The molecule has 1 fully saturated rings. The summed E-state index contributed by atoms with van der Waals surface area (Å²) in [5.74, 6) is 0.879. The number of para-hydroxylation sites is 1. The van der Waals surface area contributed by atoms with Crippen LogP contribution in [0.3, 0.4) is 0 Å². The minimum Gasteiger partial charge on any atom is -0.317 e. The lowest BCUT2D eigenvalue weighted by atomic mass is 9.97. The summed E-state index contributed by atoms with van der Waals surface area (Å²) >= 11 is 0. The second-order valence-electron chi connectivity index (χ2n) is 4.43. The van der Waals surface area contributed by atoms with Crippen molar-refractivity contribution < 1.29 is 4.39 Å². The Labute approximate surface area is 99.1 Å². The topological polar surface area (TPSA) is 37.8 Å². The molecule has 0 radical (unpaired) electrons. The Morgan fingerprint density at radius 2 is 2.06 bits per heavy atom. The molecule has 0 unspecified atom stereocenters. The molecule has 1 aromatic heterocycles. The van der Waals surface area contributed by atoms with E-state index in [2.05, 4.69) is 15.3 Å². The van der Waals surface area contributed by atoms with Crippen LogP contribution < -0.4 is 5.32 Å². The van der Waals surface area contributed by atoms with Gasteiger partial charge in [-0.05, 0) is 32.0 Å². The van der Waals surface area contributed by atoms with Crippen LogP contribution in [0.4, 0.5) is 4.39 Å². The fraction of sp³-hybridized carbons (Fsp3) is 0.385. The lowest BCUT2D eigenvalue weighted by Crippen LogP contribution is -2.27. The molecule has 2 aromatic rings. The largest absolute Gasteiger partial charge is 0.317 e. The second-order valence-corrected chi connectivity index (χ2v) is 4.43. The molecule has 2 heterocycles. The molecule has 4 heteroatoms. The molecule has 0 bridgehead atoms. The van der Waals surface area contributed by atoms with Gasteiger partial charge in [0.15, 0.2) is 0 Å². The van der Waals surface area contributed by atoms with Gasteiger partial charge in [0.05, 0.1) is 0 Å². The first-order chi connectivity index (χ1) is 8.34. The van der Waals surface area contributed by atoms with Crippen molar-refractivity contribution in [3.63, 3.8) is 0 Å². The number of fused-ring (bicyclic) bond motifs is 1. The number of nitrogens with one attached hydrogen (secondary N) is 1. The van der Waals surface area contributed by atoms with Crippen LogP contribution in [-0.2, 0) is 0 Å². The minimum atomic E-state index is -0.264. The zero-order chi connectivity index (χ0) is 11.7. The van der Waals surface area contributed by atoms with Gasteiger partial charge in [-0.3, -0.25) is 0 Å². The van der Waals surface area contributed by atoms with Crippen molar-refractivity contribution in [2.75, 3.05) is 13.1 Å². The summed E-state index contributed by atoms with van der Waals surface area (Å²) in [4.78, 5) is 8.75. The number of halogens is 1. The van der Waals surface area contributed by atoms with E-state index in [0.29, 0.717) is 11.4 Å². The molecule has 1 N–H and O–H groups in total. The number of rotatable bonds is 1. The Morgan fingerprint density at radius 3 is 2.88 bits per heavy atom. The van der Waals surface area contributed by atoms with Crippen LogP contribution in [0.25, 0.3) is 10.9 Å².